The van der Waals surface area contributed by atoms with E-state index in [-0.39, 0.29) is 19.3 Å². The van der Waals surface area contributed by atoms with Gasteiger partial charge in [-0.25, -0.2) is 0 Å². The minimum absolute atomic E-state index is 0.142. The third kappa shape index (κ3) is 7.70. The average molecular weight is 246 g/mol. The van der Waals surface area contributed by atoms with Crippen LogP contribution in [0.1, 0.15) is 32.6 Å². The van der Waals surface area contributed by atoms with E-state index in [0.717, 1.165) is 12.8 Å². The van der Waals surface area contributed by atoms with Gasteiger partial charge >= 0.3 is 11.8 Å². The zero-order chi connectivity index (χ0) is 13.1. The van der Waals surface area contributed by atoms with E-state index in [9.17, 15) is 9.59 Å². The number of hydrogen-bond acceptors (Lipinski definition) is 4. The van der Waals surface area contributed by atoms with Crippen LogP contribution in [0.3, 0.4) is 0 Å². The quantitative estimate of drug-likeness (QED) is 0.331. The topological polar surface area (TPSA) is 98.7 Å². The summed E-state index contributed by atoms with van der Waals surface area (Å²) in [5.74, 6) is -1.39. The maximum atomic E-state index is 11.3. The van der Waals surface area contributed by atoms with Gasteiger partial charge in [0.15, 0.2) is 0 Å². The summed E-state index contributed by atoms with van der Waals surface area (Å²) in [4.78, 5) is 22.6. The van der Waals surface area contributed by atoms with Crippen LogP contribution in [0, 0.1) is 0 Å². The van der Waals surface area contributed by atoms with Gasteiger partial charge in [0, 0.05) is 13.2 Å². The molecule has 0 radical (unpaired) electrons. The van der Waals surface area contributed by atoms with Crippen molar-refractivity contribution in [2.24, 2.45) is 0 Å². The monoisotopic (exact) mass is 246 g/mol. The molecular formula is C11H22N2O4. The van der Waals surface area contributed by atoms with Gasteiger partial charge in [-0.15, -0.1) is 0 Å². The molecule has 0 heterocycles. The highest BCUT2D eigenvalue weighted by Gasteiger charge is 2.16. The van der Waals surface area contributed by atoms with Crippen molar-refractivity contribution in [3.8, 4) is 0 Å². The molecule has 1 atom stereocenters. The van der Waals surface area contributed by atoms with Crippen LogP contribution in [0.2, 0.25) is 0 Å². The Hall–Kier alpha value is -1.14. The minimum Gasteiger partial charge on any atom is -0.396 e. The Morgan fingerprint density at radius 1 is 1.12 bits per heavy atom. The standard InChI is InChI=1S/C11H22N2O4/c1-2-9(8-15)13-11(17)10(16)12-6-4-3-5-7-14/h9,14-15H,2-8H2,1H3,(H,12,16)(H,13,17). The summed E-state index contributed by atoms with van der Waals surface area (Å²) >= 11 is 0. The van der Waals surface area contributed by atoms with Gasteiger partial charge < -0.3 is 20.8 Å². The molecule has 0 aliphatic heterocycles. The number of amides is 2. The van der Waals surface area contributed by atoms with Crippen molar-refractivity contribution >= 4 is 11.8 Å². The molecule has 17 heavy (non-hydrogen) atoms. The summed E-state index contributed by atoms with van der Waals surface area (Å²) in [6.07, 6.45) is 2.82. The van der Waals surface area contributed by atoms with Gasteiger partial charge in [-0.2, -0.15) is 0 Å². The van der Waals surface area contributed by atoms with E-state index in [1.165, 1.54) is 0 Å². The molecule has 0 fully saturated rings. The summed E-state index contributed by atoms with van der Waals surface area (Å²) in [5.41, 5.74) is 0. The highest BCUT2D eigenvalue weighted by molar-refractivity contribution is 6.35. The van der Waals surface area contributed by atoms with E-state index in [2.05, 4.69) is 10.6 Å². The first-order valence-corrected chi connectivity index (χ1v) is 5.96. The van der Waals surface area contributed by atoms with Crippen LogP contribution in [0.5, 0.6) is 0 Å². The molecule has 6 nitrogen and oxygen atoms in total. The second-order valence-electron chi connectivity index (χ2n) is 3.80. The fourth-order valence-electron chi connectivity index (χ4n) is 1.22. The second-order valence-corrected chi connectivity index (χ2v) is 3.80. The van der Waals surface area contributed by atoms with Crippen molar-refractivity contribution in [2.75, 3.05) is 19.8 Å². The van der Waals surface area contributed by atoms with Gasteiger partial charge in [0.25, 0.3) is 0 Å². The molecule has 2 amide bonds. The molecular weight excluding hydrogens is 224 g/mol. The average Bonchev–Trinajstić information content (AvgIpc) is 2.35. The summed E-state index contributed by atoms with van der Waals surface area (Å²) < 4.78 is 0. The Morgan fingerprint density at radius 2 is 1.82 bits per heavy atom. The summed E-state index contributed by atoms with van der Waals surface area (Å²) in [6, 6.07) is -0.373. The molecule has 1 unspecified atom stereocenters. The van der Waals surface area contributed by atoms with Crippen LogP contribution in [-0.2, 0) is 9.59 Å². The molecule has 0 aromatic heterocycles. The normalized spacial score (nSPS) is 11.9. The number of carbonyl (C=O) groups excluding carboxylic acids is 2. The lowest BCUT2D eigenvalue weighted by Crippen LogP contribution is -2.45. The van der Waals surface area contributed by atoms with Crippen molar-refractivity contribution in [3.05, 3.63) is 0 Å². The molecule has 0 aromatic carbocycles. The number of carbonyl (C=O) groups is 2. The molecule has 0 bridgehead atoms. The van der Waals surface area contributed by atoms with E-state index >= 15 is 0 Å². The smallest absolute Gasteiger partial charge is 0.309 e. The van der Waals surface area contributed by atoms with E-state index in [4.69, 9.17) is 10.2 Å². The predicted octanol–water partition coefficient (Wildman–Crippen LogP) is -0.848. The van der Waals surface area contributed by atoms with Gasteiger partial charge in [0.1, 0.15) is 0 Å². The van der Waals surface area contributed by atoms with E-state index in [1.54, 1.807) is 0 Å². The van der Waals surface area contributed by atoms with Gasteiger partial charge in [0.05, 0.1) is 12.6 Å². The van der Waals surface area contributed by atoms with Gasteiger partial charge in [-0.3, -0.25) is 9.59 Å². The van der Waals surface area contributed by atoms with Gasteiger partial charge in [-0.1, -0.05) is 6.92 Å². The molecule has 0 spiro atoms. The largest absolute Gasteiger partial charge is 0.396 e. The predicted molar refractivity (Wildman–Crippen MR) is 63.3 cm³/mol. The van der Waals surface area contributed by atoms with Crippen LogP contribution in [-0.4, -0.2) is 47.8 Å². The Balaban J connectivity index is 3.71. The zero-order valence-corrected chi connectivity index (χ0v) is 10.2. The van der Waals surface area contributed by atoms with Crippen LogP contribution in [0.25, 0.3) is 0 Å². The molecule has 0 rings (SSSR count). The number of aliphatic hydroxyl groups excluding tert-OH is 2. The van der Waals surface area contributed by atoms with Crippen LogP contribution >= 0.6 is 0 Å². The van der Waals surface area contributed by atoms with E-state index < -0.39 is 11.8 Å². The lowest BCUT2D eigenvalue weighted by molar-refractivity contribution is -0.139. The molecule has 0 saturated heterocycles. The molecule has 0 aliphatic carbocycles. The molecule has 4 N–H and O–H groups in total. The molecule has 6 heteroatoms. The Kier molecular flexibility index (Phi) is 9.37. The lowest BCUT2D eigenvalue weighted by atomic mass is 10.2. The zero-order valence-electron chi connectivity index (χ0n) is 10.2. The molecule has 0 saturated carbocycles. The van der Waals surface area contributed by atoms with Crippen molar-refractivity contribution in [2.45, 2.75) is 38.6 Å². The minimum atomic E-state index is -0.715. The number of hydrogen-bond donors (Lipinski definition) is 4. The Morgan fingerprint density at radius 3 is 2.35 bits per heavy atom. The van der Waals surface area contributed by atoms with Crippen molar-refractivity contribution < 1.29 is 19.8 Å². The van der Waals surface area contributed by atoms with Crippen molar-refractivity contribution in [1.29, 1.82) is 0 Å². The highest BCUT2D eigenvalue weighted by Crippen LogP contribution is 1.92. The Bertz CT molecular complexity index is 230. The van der Waals surface area contributed by atoms with Crippen molar-refractivity contribution in [1.82, 2.24) is 10.6 Å². The summed E-state index contributed by atoms with van der Waals surface area (Å²) in [5, 5.41) is 22.3. The van der Waals surface area contributed by atoms with Crippen molar-refractivity contribution in [3.63, 3.8) is 0 Å². The van der Waals surface area contributed by atoms with Gasteiger partial charge in [0.2, 0.25) is 0 Å². The third-order valence-corrected chi connectivity index (χ3v) is 2.38. The first-order chi connectivity index (χ1) is 8.15. The second kappa shape index (κ2) is 10.0. The van der Waals surface area contributed by atoms with Gasteiger partial charge in [-0.05, 0) is 25.7 Å². The summed E-state index contributed by atoms with van der Waals surface area (Å²) in [6.45, 7) is 2.20. The molecule has 0 aromatic rings. The molecule has 100 valence electrons. The molecule has 0 aliphatic rings. The summed E-state index contributed by atoms with van der Waals surface area (Å²) in [7, 11) is 0. The van der Waals surface area contributed by atoms with E-state index in [0.29, 0.717) is 19.4 Å². The fourth-order valence-corrected chi connectivity index (χ4v) is 1.22. The number of nitrogens with one attached hydrogen (secondary N) is 2. The van der Waals surface area contributed by atoms with Crippen LogP contribution in [0.4, 0.5) is 0 Å². The maximum absolute atomic E-state index is 11.3. The maximum Gasteiger partial charge on any atom is 0.309 e. The van der Waals surface area contributed by atoms with Crippen LogP contribution in [0.15, 0.2) is 0 Å². The van der Waals surface area contributed by atoms with E-state index in [1.807, 2.05) is 6.92 Å². The number of unbranched alkanes of at least 4 members (excludes halogenated alkanes) is 2. The number of aliphatic hydroxyl groups is 2. The first kappa shape index (κ1) is 15.9. The third-order valence-electron chi connectivity index (χ3n) is 2.38. The highest BCUT2D eigenvalue weighted by atomic mass is 16.3. The first-order valence-electron chi connectivity index (χ1n) is 5.96. The van der Waals surface area contributed by atoms with Crippen LogP contribution < -0.4 is 10.6 Å². The fraction of sp³-hybridized carbons (Fsp3) is 0.818. The number of rotatable bonds is 8. The SMILES string of the molecule is CCC(CO)NC(=O)C(=O)NCCCCCO. The lowest BCUT2D eigenvalue weighted by Gasteiger charge is -2.13. The Labute approximate surface area is 101 Å².